The maximum Gasteiger partial charge on any atom is 0.0997 e. The smallest absolute Gasteiger partial charge is 0.0997 e. The maximum atomic E-state index is 12.2. The first-order valence-electron chi connectivity index (χ1n) is 3.80. The first-order chi connectivity index (χ1) is 5.18. The number of hydrogen-bond acceptors (Lipinski definition) is 0. The van der Waals surface area contributed by atoms with Crippen molar-refractivity contribution >= 4 is 0 Å². The summed E-state index contributed by atoms with van der Waals surface area (Å²) in [7, 11) is 0. The molecule has 0 spiro atoms. The molecule has 0 heterocycles. The van der Waals surface area contributed by atoms with Crippen molar-refractivity contribution in [3.8, 4) is 0 Å². The van der Waals surface area contributed by atoms with E-state index in [1.807, 2.05) is 13.8 Å². The molecule has 0 aromatic carbocycles. The van der Waals surface area contributed by atoms with Gasteiger partial charge >= 0.3 is 0 Å². The summed E-state index contributed by atoms with van der Waals surface area (Å²) >= 11 is 0. The molecule has 0 fully saturated rings. The molecule has 0 rings (SSSR count). The van der Waals surface area contributed by atoms with E-state index in [1.54, 1.807) is 25.2 Å². The van der Waals surface area contributed by atoms with Gasteiger partial charge in [0.25, 0.3) is 0 Å². The number of allylic oxidation sites excluding steroid dienone is 5. The van der Waals surface area contributed by atoms with Crippen molar-refractivity contribution in [2.24, 2.45) is 0 Å². The Bertz CT molecular complexity index is 148. The van der Waals surface area contributed by atoms with Gasteiger partial charge in [-0.15, -0.1) is 0 Å². The Hall–Kier alpha value is -0.850. The van der Waals surface area contributed by atoms with Crippen LogP contribution < -0.4 is 0 Å². The summed E-state index contributed by atoms with van der Waals surface area (Å²) in [5.74, 6) is -0.145. The van der Waals surface area contributed by atoms with Crippen LogP contribution in [0.25, 0.3) is 0 Å². The molecule has 0 unspecified atom stereocenters. The fourth-order valence-corrected chi connectivity index (χ4v) is 0.327. The Morgan fingerprint density at radius 2 is 1.73 bits per heavy atom. The third-order valence-electron chi connectivity index (χ3n) is 1.03. The number of rotatable bonds is 2. The van der Waals surface area contributed by atoms with Crippen LogP contribution in [0.5, 0.6) is 0 Å². The van der Waals surface area contributed by atoms with Gasteiger partial charge in [0.15, 0.2) is 0 Å². The molecule has 0 radical (unpaired) electrons. The van der Waals surface area contributed by atoms with E-state index in [2.05, 4.69) is 6.58 Å². The van der Waals surface area contributed by atoms with Gasteiger partial charge in [-0.2, -0.15) is 0 Å². The Balaban J connectivity index is 0. The molecule has 0 aromatic heterocycles. The predicted octanol–water partition coefficient (Wildman–Crippen LogP) is 4.02. The summed E-state index contributed by atoms with van der Waals surface area (Å²) < 4.78 is 12.2. The molecule has 0 aliphatic carbocycles. The molecule has 1 heteroatoms. The molecule has 0 N–H and O–H groups in total. The van der Waals surface area contributed by atoms with Gasteiger partial charge in [0.1, 0.15) is 0 Å². The van der Waals surface area contributed by atoms with Gasteiger partial charge in [0.2, 0.25) is 0 Å². The minimum atomic E-state index is -0.145. The second kappa shape index (κ2) is 9.15. The second-order valence-corrected chi connectivity index (χ2v) is 1.81. The summed E-state index contributed by atoms with van der Waals surface area (Å²) in [6.45, 7) is 10.6. The van der Waals surface area contributed by atoms with E-state index in [4.69, 9.17) is 0 Å². The zero-order chi connectivity index (χ0) is 9.28. The highest BCUT2D eigenvalue weighted by molar-refractivity contribution is 5.21. The fraction of sp³-hybridized carbons (Fsp3) is 0.400. The van der Waals surface area contributed by atoms with E-state index >= 15 is 0 Å². The summed E-state index contributed by atoms with van der Waals surface area (Å²) in [5.41, 5.74) is 0.648. The highest BCUT2D eigenvalue weighted by Crippen LogP contribution is 2.04. The topological polar surface area (TPSA) is 0 Å². The summed E-state index contributed by atoms with van der Waals surface area (Å²) in [5, 5.41) is 0. The predicted molar refractivity (Wildman–Crippen MR) is 50.2 cm³/mol. The lowest BCUT2D eigenvalue weighted by molar-refractivity contribution is 0.631. The van der Waals surface area contributed by atoms with Crippen molar-refractivity contribution in [2.45, 2.75) is 27.7 Å². The summed E-state index contributed by atoms with van der Waals surface area (Å²) in [6.07, 6.45) is 5.01. The van der Waals surface area contributed by atoms with Crippen molar-refractivity contribution in [2.75, 3.05) is 0 Å². The zero-order valence-electron chi connectivity index (χ0n) is 7.82. The molecule has 0 aromatic rings. The molecular formula is C10H17F. The van der Waals surface area contributed by atoms with Gasteiger partial charge in [-0.3, -0.25) is 0 Å². The van der Waals surface area contributed by atoms with Gasteiger partial charge in [-0.05, 0) is 19.4 Å². The van der Waals surface area contributed by atoms with Crippen LogP contribution in [0.1, 0.15) is 27.7 Å². The Labute approximate surface area is 69.1 Å². The van der Waals surface area contributed by atoms with Gasteiger partial charge in [0.05, 0.1) is 5.83 Å². The van der Waals surface area contributed by atoms with Crippen molar-refractivity contribution in [3.05, 3.63) is 36.2 Å². The average molecular weight is 156 g/mol. The highest BCUT2D eigenvalue weighted by atomic mass is 19.1. The van der Waals surface area contributed by atoms with E-state index in [1.165, 1.54) is 6.92 Å². The molecule has 0 nitrogen and oxygen atoms in total. The molecule has 0 atom stereocenters. The minimum absolute atomic E-state index is 0.145. The molecule has 64 valence electrons. The van der Waals surface area contributed by atoms with Crippen molar-refractivity contribution in [3.63, 3.8) is 0 Å². The van der Waals surface area contributed by atoms with E-state index in [9.17, 15) is 4.39 Å². The standard InChI is InChI=1S/C8H11F.C2H6/c1-4-5-6-7(2)8(3)9;1-2/h4-6H,1H2,2-3H3;1-2H3/b6-5-,8-7+;. The van der Waals surface area contributed by atoms with Crippen LogP contribution in [-0.4, -0.2) is 0 Å². The SMILES string of the molecule is C=C/C=C\C(C)=C(/C)F.CC. The first-order valence-corrected chi connectivity index (χ1v) is 3.80. The first kappa shape index (κ1) is 12.8. The third kappa shape index (κ3) is 9.15. The molecule has 0 bridgehead atoms. The normalized spacial score (nSPS) is 11.7. The van der Waals surface area contributed by atoms with E-state index < -0.39 is 0 Å². The number of hydrogen-bond donors (Lipinski definition) is 0. The largest absolute Gasteiger partial charge is 0.212 e. The average Bonchev–Trinajstić information content (AvgIpc) is 2.03. The van der Waals surface area contributed by atoms with Gasteiger partial charge in [-0.25, -0.2) is 4.39 Å². The summed E-state index contributed by atoms with van der Waals surface area (Å²) in [6, 6.07) is 0. The maximum absolute atomic E-state index is 12.2. The zero-order valence-corrected chi connectivity index (χ0v) is 7.82. The van der Waals surface area contributed by atoms with Crippen LogP contribution in [0.4, 0.5) is 4.39 Å². The van der Waals surface area contributed by atoms with Gasteiger partial charge in [-0.1, -0.05) is 38.7 Å². The Morgan fingerprint density at radius 1 is 1.27 bits per heavy atom. The lowest BCUT2D eigenvalue weighted by Gasteiger charge is -1.88. The van der Waals surface area contributed by atoms with Crippen LogP contribution in [-0.2, 0) is 0 Å². The van der Waals surface area contributed by atoms with Gasteiger partial charge in [0, 0.05) is 0 Å². The van der Waals surface area contributed by atoms with Crippen LogP contribution in [0.3, 0.4) is 0 Å². The van der Waals surface area contributed by atoms with Crippen LogP contribution in [0, 0.1) is 0 Å². The Kier molecular flexibility index (Phi) is 10.6. The van der Waals surface area contributed by atoms with Crippen LogP contribution >= 0.6 is 0 Å². The monoisotopic (exact) mass is 156 g/mol. The third-order valence-corrected chi connectivity index (χ3v) is 1.03. The number of halogens is 1. The highest BCUT2D eigenvalue weighted by Gasteiger charge is 1.85. The summed E-state index contributed by atoms with van der Waals surface area (Å²) in [4.78, 5) is 0. The van der Waals surface area contributed by atoms with Crippen LogP contribution in [0.2, 0.25) is 0 Å². The van der Waals surface area contributed by atoms with E-state index in [0.29, 0.717) is 5.57 Å². The molecule has 0 amide bonds. The van der Waals surface area contributed by atoms with Crippen molar-refractivity contribution in [1.82, 2.24) is 0 Å². The lowest BCUT2D eigenvalue weighted by Crippen LogP contribution is -1.69. The van der Waals surface area contributed by atoms with Gasteiger partial charge < -0.3 is 0 Å². The van der Waals surface area contributed by atoms with Crippen molar-refractivity contribution in [1.29, 1.82) is 0 Å². The molecule has 0 saturated carbocycles. The van der Waals surface area contributed by atoms with E-state index in [0.717, 1.165) is 0 Å². The fourth-order valence-electron chi connectivity index (χ4n) is 0.327. The van der Waals surface area contributed by atoms with E-state index in [-0.39, 0.29) is 5.83 Å². The lowest BCUT2D eigenvalue weighted by atomic mass is 10.2. The van der Waals surface area contributed by atoms with Crippen LogP contribution in [0.15, 0.2) is 36.2 Å². The minimum Gasteiger partial charge on any atom is -0.212 e. The molecular weight excluding hydrogens is 139 g/mol. The molecule has 0 aliphatic heterocycles. The second-order valence-electron chi connectivity index (χ2n) is 1.81. The quantitative estimate of drug-likeness (QED) is 0.530. The molecule has 0 saturated heterocycles. The van der Waals surface area contributed by atoms with Crippen molar-refractivity contribution < 1.29 is 4.39 Å². The molecule has 11 heavy (non-hydrogen) atoms. The molecule has 0 aliphatic rings. The Morgan fingerprint density at radius 3 is 2.00 bits per heavy atom.